The summed E-state index contributed by atoms with van der Waals surface area (Å²) in [6.07, 6.45) is 0. The topological polar surface area (TPSA) is 102 Å². The number of benzene rings is 1. The third-order valence-electron chi connectivity index (χ3n) is 4.67. The molecule has 0 atom stereocenters. The summed E-state index contributed by atoms with van der Waals surface area (Å²) in [5, 5.41) is 6.66. The number of nitrogens with one attached hydrogen (secondary N) is 1. The zero-order valence-corrected chi connectivity index (χ0v) is 17.3. The second kappa shape index (κ2) is 8.02. The first-order valence-electron chi connectivity index (χ1n) is 9.18. The Morgan fingerprint density at radius 2 is 1.89 bits per heavy atom. The Balaban J connectivity index is 1.90. The molecule has 1 fully saturated rings. The van der Waals surface area contributed by atoms with Gasteiger partial charge in [-0.05, 0) is 31.5 Å². The second-order valence-electron chi connectivity index (χ2n) is 7.11. The number of carbonyl (C=O) groups is 1. The normalized spacial score (nSPS) is 15.8. The number of rotatable bonds is 5. The van der Waals surface area contributed by atoms with Crippen LogP contribution in [0.25, 0.3) is 0 Å². The number of morpholine rings is 1. The van der Waals surface area contributed by atoms with Crippen LogP contribution in [0.1, 0.15) is 47.1 Å². The number of nitrogens with zero attached hydrogens (tertiary/aromatic N) is 2. The molecule has 0 radical (unpaired) electrons. The Kier molecular flexibility index (Phi) is 5.87. The van der Waals surface area contributed by atoms with Crippen LogP contribution in [0.15, 0.2) is 27.6 Å². The number of aromatic nitrogens is 1. The van der Waals surface area contributed by atoms with Gasteiger partial charge < -0.3 is 14.6 Å². The molecule has 0 unspecified atom stereocenters. The van der Waals surface area contributed by atoms with E-state index in [9.17, 15) is 13.2 Å². The predicted octanol–water partition coefficient (Wildman–Crippen LogP) is 2.69. The van der Waals surface area contributed by atoms with Gasteiger partial charge in [-0.1, -0.05) is 25.1 Å². The number of hydrogen-bond acceptors (Lipinski definition) is 6. The molecule has 1 aliphatic heterocycles. The molecule has 0 bridgehead atoms. The fraction of sp³-hybridized carbons (Fsp3) is 0.474. The first-order valence-corrected chi connectivity index (χ1v) is 10.6. The summed E-state index contributed by atoms with van der Waals surface area (Å²) < 4.78 is 37.9. The average molecular weight is 407 g/mol. The van der Waals surface area contributed by atoms with Gasteiger partial charge in [0.15, 0.2) is 5.76 Å². The molecule has 9 heteroatoms. The molecule has 28 heavy (non-hydrogen) atoms. The van der Waals surface area contributed by atoms with Gasteiger partial charge >= 0.3 is 0 Å². The minimum absolute atomic E-state index is 0.00257. The van der Waals surface area contributed by atoms with Gasteiger partial charge in [0.2, 0.25) is 10.0 Å². The van der Waals surface area contributed by atoms with Crippen molar-refractivity contribution >= 4 is 21.6 Å². The van der Waals surface area contributed by atoms with Gasteiger partial charge in [0.05, 0.1) is 23.8 Å². The lowest BCUT2D eigenvalue weighted by Gasteiger charge is -2.26. The largest absolute Gasteiger partial charge is 0.379 e. The fourth-order valence-electron chi connectivity index (χ4n) is 3.13. The number of ether oxygens (including phenoxy) is 1. The molecule has 0 spiro atoms. The van der Waals surface area contributed by atoms with Gasteiger partial charge in [-0.25, -0.2) is 8.42 Å². The summed E-state index contributed by atoms with van der Waals surface area (Å²) in [4.78, 5) is 13.0. The van der Waals surface area contributed by atoms with Crippen molar-refractivity contribution in [2.45, 2.75) is 38.5 Å². The van der Waals surface area contributed by atoms with E-state index in [-0.39, 0.29) is 16.7 Å². The lowest BCUT2D eigenvalue weighted by Crippen LogP contribution is -2.40. The quantitative estimate of drug-likeness (QED) is 0.818. The molecular weight excluding hydrogens is 382 g/mol. The maximum atomic E-state index is 13.0. The Hall–Kier alpha value is -2.23. The van der Waals surface area contributed by atoms with Crippen LogP contribution < -0.4 is 5.32 Å². The van der Waals surface area contributed by atoms with Crippen molar-refractivity contribution in [2.75, 3.05) is 31.6 Å². The average Bonchev–Trinajstić information content (AvgIpc) is 3.06. The molecular formula is C19H25N3O5S. The highest BCUT2D eigenvalue weighted by Crippen LogP contribution is 2.26. The molecule has 152 valence electrons. The predicted molar refractivity (Wildman–Crippen MR) is 104 cm³/mol. The maximum Gasteiger partial charge on any atom is 0.261 e. The molecule has 0 saturated carbocycles. The number of carbonyl (C=O) groups excluding carboxylic acids is 1. The Morgan fingerprint density at radius 1 is 1.21 bits per heavy atom. The molecule has 1 N–H and O–H groups in total. The summed E-state index contributed by atoms with van der Waals surface area (Å²) in [5.41, 5.74) is 1.90. The monoisotopic (exact) mass is 407 g/mol. The molecule has 3 rings (SSSR count). The highest BCUT2D eigenvalue weighted by Gasteiger charge is 2.28. The SMILES string of the molecule is Cc1ccc(NC(=O)c2c(C)noc2C(C)C)cc1S(=O)(=O)N1CCOCC1. The lowest BCUT2D eigenvalue weighted by atomic mass is 10.0. The van der Waals surface area contributed by atoms with Gasteiger partial charge in [-0.2, -0.15) is 4.31 Å². The highest BCUT2D eigenvalue weighted by atomic mass is 32.2. The Bertz CT molecular complexity index is 975. The van der Waals surface area contributed by atoms with Crippen molar-refractivity contribution in [2.24, 2.45) is 0 Å². The van der Waals surface area contributed by atoms with E-state index in [0.717, 1.165) is 0 Å². The van der Waals surface area contributed by atoms with E-state index in [1.807, 2.05) is 13.8 Å². The van der Waals surface area contributed by atoms with Crippen LogP contribution in [-0.4, -0.2) is 50.1 Å². The van der Waals surface area contributed by atoms with E-state index in [1.165, 1.54) is 10.4 Å². The van der Waals surface area contributed by atoms with Crippen molar-refractivity contribution in [3.8, 4) is 0 Å². The summed E-state index contributed by atoms with van der Waals surface area (Å²) in [6, 6.07) is 4.87. The highest BCUT2D eigenvalue weighted by molar-refractivity contribution is 7.89. The molecule has 1 aromatic heterocycles. The standard InChI is InChI=1S/C19H25N3O5S/c1-12(2)18-17(14(4)21-27-18)19(23)20-15-6-5-13(3)16(11-15)28(24,25)22-7-9-26-10-8-22/h5-6,11-12H,7-10H2,1-4H3,(H,20,23). The Labute approximate surface area is 164 Å². The first kappa shape index (κ1) is 20.5. The van der Waals surface area contributed by atoms with Crippen molar-refractivity contribution in [1.82, 2.24) is 9.46 Å². The number of sulfonamides is 1. The summed E-state index contributed by atoms with van der Waals surface area (Å²) in [6.45, 7) is 8.64. The van der Waals surface area contributed by atoms with E-state index in [4.69, 9.17) is 9.26 Å². The minimum atomic E-state index is -3.66. The molecule has 1 amide bonds. The van der Waals surface area contributed by atoms with E-state index in [1.54, 1.807) is 26.0 Å². The van der Waals surface area contributed by atoms with Gasteiger partial charge in [0.1, 0.15) is 5.56 Å². The smallest absolute Gasteiger partial charge is 0.261 e. The van der Waals surface area contributed by atoms with Crippen molar-refractivity contribution in [3.63, 3.8) is 0 Å². The number of amides is 1. The van der Waals surface area contributed by atoms with E-state index in [2.05, 4.69) is 10.5 Å². The zero-order valence-electron chi connectivity index (χ0n) is 16.5. The van der Waals surface area contributed by atoms with E-state index in [0.29, 0.717) is 54.6 Å². The Morgan fingerprint density at radius 3 is 2.54 bits per heavy atom. The maximum absolute atomic E-state index is 13.0. The zero-order chi connectivity index (χ0) is 20.5. The van der Waals surface area contributed by atoms with Crippen LogP contribution in [0, 0.1) is 13.8 Å². The molecule has 1 saturated heterocycles. The van der Waals surface area contributed by atoms with E-state index >= 15 is 0 Å². The van der Waals surface area contributed by atoms with Gasteiger partial charge in [0.25, 0.3) is 5.91 Å². The number of anilines is 1. The third-order valence-corrected chi connectivity index (χ3v) is 6.72. The van der Waals surface area contributed by atoms with Crippen molar-refractivity contribution in [1.29, 1.82) is 0 Å². The van der Waals surface area contributed by atoms with Gasteiger partial charge in [-0.15, -0.1) is 0 Å². The van der Waals surface area contributed by atoms with Crippen molar-refractivity contribution in [3.05, 3.63) is 40.8 Å². The van der Waals surface area contributed by atoms with Gasteiger partial charge in [0, 0.05) is 24.7 Å². The van der Waals surface area contributed by atoms with Crippen LogP contribution >= 0.6 is 0 Å². The van der Waals surface area contributed by atoms with Crippen LogP contribution in [0.4, 0.5) is 5.69 Å². The van der Waals surface area contributed by atoms with E-state index < -0.39 is 10.0 Å². The molecule has 2 heterocycles. The second-order valence-corrected chi connectivity index (χ2v) is 9.02. The summed E-state index contributed by atoms with van der Waals surface area (Å²) in [7, 11) is -3.66. The molecule has 2 aromatic rings. The van der Waals surface area contributed by atoms with Crippen LogP contribution in [0.2, 0.25) is 0 Å². The third kappa shape index (κ3) is 3.96. The van der Waals surface area contributed by atoms with Crippen LogP contribution in [0.5, 0.6) is 0 Å². The molecule has 1 aromatic carbocycles. The molecule has 0 aliphatic carbocycles. The van der Waals surface area contributed by atoms with Crippen molar-refractivity contribution < 1.29 is 22.5 Å². The van der Waals surface area contributed by atoms with Crippen LogP contribution in [0.3, 0.4) is 0 Å². The van der Waals surface area contributed by atoms with Crippen LogP contribution in [-0.2, 0) is 14.8 Å². The summed E-state index contributed by atoms with van der Waals surface area (Å²) in [5.74, 6) is 0.126. The molecule has 8 nitrogen and oxygen atoms in total. The minimum Gasteiger partial charge on any atom is -0.379 e. The number of hydrogen-bond donors (Lipinski definition) is 1. The fourth-order valence-corrected chi connectivity index (χ4v) is 4.79. The van der Waals surface area contributed by atoms with Gasteiger partial charge in [-0.3, -0.25) is 4.79 Å². The summed E-state index contributed by atoms with van der Waals surface area (Å²) >= 11 is 0. The first-order chi connectivity index (χ1) is 13.2. The lowest BCUT2D eigenvalue weighted by molar-refractivity contribution is 0.0730. The number of aryl methyl sites for hydroxylation is 2. The molecule has 1 aliphatic rings.